The highest BCUT2D eigenvalue weighted by Gasteiger charge is 2.07. The second-order valence-electron chi connectivity index (χ2n) is 6.19. The first kappa shape index (κ1) is 17.2. The molecule has 2 amide bonds. The third-order valence-corrected chi connectivity index (χ3v) is 4.99. The zero-order valence-electron chi connectivity index (χ0n) is 14.6. The molecule has 27 heavy (non-hydrogen) atoms. The first-order chi connectivity index (χ1) is 13.3. The Labute approximate surface area is 160 Å². The standard InChI is InChI=1S/C20H19N5OS/c26-19(22-17-8-7-15-4-1-2-5-16(15)12-17)24-20-23-18(13-27-20)6-3-10-25-11-9-21-14-25/h1-2,4-5,7-9,11-14H,3,6,10H2,(H2,22,23,24,26). The van der Waals surface area contributed by atoms with Crippen molar-refractivity contribution in [2.24, 2.45) is 0 Å². The number of thiazole rings is 1. The van der Waals surface area contributed by atoms with Crippen molar-refractivity contribution >= 4 is 39.0 Å². The SMILES string of the molecule is O=C(Nc1ccc2ccccc2c1)Nc1nc(CCCn2ccnc2)cs1. The first-order valence-electron chi connectivity index (χ1n) is 8.73. The van der Waals surface area contributed by atoms with E-state index in [0.29, 0.717) is 5.13 Å². The number of nitrogens with zero attached hydrogens (tertiary/aromatic N) is 3. The number of imidazole rings is 1. The Balaban J connectivity index is 1.30. The lowest BCUT2D eigenvalue weighted by Gasteiger charge is -2.06. The zero-order chi connectivity index (χ0) is 18.5. The molecule has 0 aliphatic heterocycles. The van der Waals surface area contributed by atoms with Crippen LogP contribution < -0.4 is 10.6 Å². The summed E-state index contributed by atoms with van der Waals surface area (Å²) in [6.45, 7) is 0.905. The molecule has 2 N–H and O–H groups in total. The van der Waals surface area contributed by atoms with E-state index in [2.05, 4.69) is 20.6 Å². The molecule has 0 saturated heterocycles. The van der Waals surface area contributed by atoms with E-state index in [1.807, 2.05) is 64.9 Å². The van der Waals surface area contributed by atoms with Gasteiger partial charge >= 0.3 is 6.03 Å². The van der Waals surface area contributed by atoms with Crippen LogP contribution in [-0.2, 0) is 13.0 Å². The molecule has 0 radical (unpaired) electrons. The van der Waals surface area contributed by atoms with Crippen molar-refractivity contribution in [3.63, 3.8) is 0 Å². The Bertz CT molecular complexity index is 1040. The van der Waals surface area contributed by atoms with Crippen LogP contribution in [0.1, 0.15) is 12.1 Å². The van der Waals surface area contributed by atoms with Crippen LogP contribution in [0.25, 0.3) is 10.8 Å². The van der Waals surface area contributed by atoms with Crippen molar-refractivity contribution in [1.82, 2.24) is 14.5 Å². The van der Waals surface area contributed by atoms with Gasteiger partial charge in [0, 0.05) is 30.0 Å². The fourth-order valence-electron chi connectivity index (χ4n) is 2.87. The Morgan fingerprint density at radius 1 is 1.11 bits per heavy atom. The Morgan fingerprint density at radius 3 is 2.85 bits per heavy atom. The molecular weight excluding hydrogens is 358 g/mol. The molecule has 4 aromatic rings. The maximum absolute atomic E-state index is 12.2. The average Bonchev–Trinajstić information content (AvgIpc) is 3.34. The second kappa shape index (κ2) is 8.01. The van der Waals surface area contributed by atoms with Crippen LogP contribution >= 0.6 is 11.3 Å². The average molecular weight is 377 g/mol. The molecule has 136 valence electrons. The number of rotatable bonds is 6. The molecule has 2 aromatic heterocycles. The van der Waals surface area contributed by atoms with Crippen molar-refractivity contribution in [3.05, 3.63) is 72.3 Å². The molecule has 0 saturated carbocycles. The number of amides is 2. The fraction of sp³-hybridized carbons (Fsp3) is 0.150. The van der Waals surface area contributed by atoms with E-state index >= 15 is 0 Å². The lowest BCUT2D eigenvalue weighted by molar-refractivity contribution is 0.262. The molecule has 0 fully saturated rings. The van der Waals surface area contributed by atoms with E-state index in [-0.39, 0.29) is 6.03 Å². The van der Waals surface area contributed by atoms with Gasteiger partial charge in [-0.1, -0.05) is 30.3 Å². The van der Waals surface area contributed by atoms with Crippen LogP contribution in [0, 0.1) is 0 Å². The molecule has 2 heterocycles. The Hall–Kier alpha value is -3.19. The maximum atomic E-state index is 12.2. The van der Waals surface area contributed by atoms with Gasteiger partial charge in [-0.05, 0) is 35.7 Å². The van der Waals surface area contributed by atoms with Crippen molar-refractivity contribution in [3.8, 4) is 0 Å². The van der Waals surface area contributed by atoms with Gasteiger partial charge in [0.05, 0.1) is 12.0 Å². The van der Waals surface area contributed by atoms with Gasteiger partial charge in [-0.15, -0.1) is 11.3 Å². The number of hydrogen-bond donors (Lipinski definition) is 2. The molecule has 4 rings (SSSR count). The van der Waals surface area contributed by atoms with Crippen LogP contribution in [0.4, 0.5) is 15.6 Å². The minimum absolute atomic E-state index is 0.287. The summed E-state index contributed by atoms with van der Waals surface area (Å²) in [5, 5.41) is 10.5. The normalized spacial score (nSPS) is 10.8. The molecule has 7 heteroatoms. The smallest absolute Gasteiger partial charge is 0.325 e. The van der Waals surface area contributed by atoms with E-state index in [4.69, 9.17) is 0 Å². The van der Waals surface area contributed by atoms with Crippen LogP contribution in [0.15, 0.2) is 66.6 Å². The Kier molecular flexibility index (Phi) is 5.11. The van der Waals surface area contributed by atoms with Gasteiger partial charge in [0.1, 0.15) is 0 Å². The number of urea groups is 1. The van der Waals surface area contributed by atoms with Crippen LogP contribution in [0.3, 0.4) is 0 Å². The third-order valence-electron chi connectivity index (χ3n) is 4.19. The number of aryl methyl sites for hydroxylation is 2. The summed E-state index contributed by atoms with van der Waals surface area (Å²) in [5.74, 6) is 0. The molecule has 0 atom stereocenters. The van der Waals surface area contributed by atoms with Gasteiger partial charge in [0.15, 0.2) is 5.13 Å². The van der Waals surface area contributed by atoms with Gasteiger partial charge in [0.25, 0.3) is 0 Å². The highest BCUT2D eigenvalue weighted by Crippen LogP contribution is 2.20. The second-order valence-corrected chi connectivity index (χ2v) is 7.05. The zero-order valence-corrected chi connectivity index (χ0v) is 15.4. The molecule has 0 spiro atoms. The predicted molar refractivity (Wildman–Crippen MR) is 109 cm³/mol. The summed E-state index contributed by atoms with van der Waals surface area (Å²) in [4.78, 5) is 20.7. The van der Waals surface area contributed by atoms with Crippen LogP contribution in [0.2, 0.25) is 0 Å². The topological polar surface area (TPSA) is 71.8 Å². The Morgan fingerprint density at radius 2 is 2.00 bits per heavy atom. The lowest BCUT2D eigenvalue weighted by atomic mass is 10.1. The van der Waals surface area contributed by atoms with Crippen LogP contribution in [0.5, 0.6) is 0 Å². The van der Waals surface area contributed by atoms with E-state index in [1.165, 1.54) is 11.3 Å². The summed E-state index contributed by atoms with van der Waals surface area (Å²) in [5.41, 5.74) is 1.74. The number of nitrogens with one attached hydrogen (secondary N) is 2. The van der Waals surface area contributed by atoms with Gasteiger partial charge in [0.2, 0.25) is 0 Å². The van der Waals surface area contributed by atoms with E-state index in [1.54, 1.807) is 6.20 Å². The van der Waals surface area contributed by atoms with E-state index < -0.39 is 0 Å². The van der Waals surface area contributed by atoms with Crippen molar-refractivity contribution < 1.29 is 4.79 Å². The lowest BCUT2D eigenvalue weighted by Crippen LogP contribution is -2.19. The summed E-state index contributed by atoms with van der Waals surface area (Å²) in [6, 6.07) is 13.6. The van der Waals surface area contributed by atoms with E-state index in [9.17, 15) is 4.79 Å². The molecule has 0 aliphatic carbocycles. The van der Waals surface area contributed by atoms with Gasteiger partial charge in [-0.25, -0.2) is 14.8 Å². The molecule has 0 bridgehead atoms. The summed E-state index contributed by atoms with van der Waals surface area (Å²) in [6.07, 6.45) is 7.38. The van der Waals surface area contributed by atoms with Gasteiger partial charge in [-0.3, -0.25) is 5.32 Å². The van der Waals surface area contributed by atoms with Crippen molar-refractivity contribution in [2.45, 2.75) is 19.4 Å². The minimum Gasteiger partial charge on any atom is -0.337 e. The summed E-state index contributed by atoms with van der Waals surface area (Å²) < 4.78 is 2.04. The number of carbonyl (C=O) groups excluding carboxylic acids is 1. The molecule has 6 nitrogen and oxygen atoms in total. The van der Waals surface area contributed by atoms with Crippen molar-refractivity contribution in [2.75, 3.05) is 10.6 Å². The molecular formula is C20H19N5OS. The largest absolute Gasteiger partial charge is 0.337 e. The minimum atomic E-state index is -0.287. The van der Waals surface area contributed by atoms with Crippen molar-refractivity contribution in [1.29, 1.82) is 0 Å². The number of aromatic nitrogens is 3. The van der Waals surface area contributed by atoms with Gasteiger partial charge in [-0.2, -0.15) is 0 Å². The van der Waals surface area contributed by atoms with Crippen LogP contribution in [-0.4, -0.2) is 20.6 Å². The monoisotopic (exact) mass is 377 g/mol. The molecule has 0 unspecified atom stereocenters. The first-order valence-corrected chi connectivity index (χ1v) is 9.61. The number of benzene rings is 2. The van der Waals surface area contributed by atoms with E-state index in [0.717, 1.165) is 41.5 Å². The highest BCUT2D eigenvalue weighted by molar-refractivity contribution is 7.13. The molecule has 2 aromatic carbocycles. The number of carbonyl (C=O) groups is 1. The number of hydrogen-bond acceptors (Lipinski definition) is 4. The fourth-order valence-corrected chi connectivity index (χ4v) is 3.61. The predicted octanol–water partition coefficient (Wildman–Crippen LogP) is 4.77. The highest BCUT2D eigenvalue weighted by atomic mass is 32.1. The number of fused-ring (bicyclic) bond motifs is 1. The maximum Gasteiger partial charge on any atom is 0.325 e. The third kappa shape index (κ3) is 4.51. The summed E-state index contributed by atoms with van der Waals surface area (Å²) >= 11 is 1.44. The van der Waals surface area contributed by atoms with Gasteiger partial charge < -0.3 is 9.88 Å². The summed E-state index contributed by atoms with van der Waals surface area (Å²) in [7, 11) is 0. The quantitative estimate of drug-likeness (QED) is 0.508. The number of anilines is 2. The molecule has 0 aliphatic rings.